The summed E-state index contributed by atoms with van der Waals surface area (Å²) >= 11 is 0. The Labute approximate surface area is 335 Å². The maximum Gasteiger partial charge on any atom is 0.338 e. The van der Waals surface area contributed by atoms with Gasteiger partial charge >= 0.3 is 11.9 Å². The molecule has 0 aromatic heterocycles. The Morgan fingerprint density at radius 1 is 0.897 bits per heavy atom. The summed E-state index contributed by atoms with van der Waals surface area (Å²) in [5.41, 5.74) is -3.35. The maximum absolute atomic E-state index is 15.1. The lowest BCUT2D eigenvalue weighted by atomic mass is 9.49. The molecule has 1 saturated carbocycles. The van der Waals surface area contributed by atoms with Gasteiger partial charge < -0.3 is 44.9 Å². The van der Waals surface area contributed by atoms with E-state index in [2.05, 4.69) is 10.6 Å². The molecule has 58 heavy (non-hydrogen) atoms. The van der Waals surface area contributed by atoms with E-state index >= 15 is 4.79 Å². The quantitative estimate of drug-likeness (QED) is 0.148. The number of rotatable bonds is 10. The molecule has 3 aromatic rings. The zero-order chi connectivity index (χ0) is 41.8. The first-order chi connectivity index (χ1) is 27.5. The van der Waals surface area contributed by atoms with Gasteiger partial charge in [0.2, 0.25) is 5.79 Å². The number of Topliss-reactive ketones (excluding diaryl/α,β-unsaturated/α-hetero) is 1. The number of aliphatic hydroxyl groups is 3. The van der Waals surface area contributed by atoms with Gasteiger partial charge in [-0.05, 0) is 49.2 Å². The van der Waals surface area contributed by atoms with Crippen LogP contribution >= 0.6 is 0 Å². The van der Waals surface area contributed by atoms with Crippen molar-refractivity contribution in [3.8, 4) is 0 Å². The Morgan fingerprint density at radius 3 is 2.05 bits per heavy atom. The van der Waals surface area contributed by atoms with Gasteiger partial charge in [-0.2, -0.15) is 0 Å². The molecule has 2 amide bonds. The molecule has 0 radical (unpaired) electrons. The topological polar surface area (TPSA) is 207 Å². The highest BCUT2D eigenvalue weighted by atomic mass is 16.7. The normalized spacial score (nSPS) is 32.5. The summed E-state index contributed by atoms with van der Waals surface area (Å²) in [6.45, 7) is 7.11. The molecule has 3 aliphatic heterocycles. The zero-order valence-corrected chi connectivity index (χ0v) is 32.8. The zero-order valence-electron chi connectivity index (χ0n) is 32.8. The van der Waals surface area contributed by atoms with Crippen molar-refractivity contribution in [3.05, 3.63) is 119 Å². The first-order valence-corrected chi connectivity index (χ1v) is 19.2. The summed E-state index contributed by atoms with van der Waals surface area (Å²) in [6, 6.07) is 23.8. The van der Waals surface area contributed by atoms with E-state index in [1.54, 1.807) is 99.6 Å². The molecule has 0 unspecified atom stereocenters. The highest BCUT2D eigenvalue weighted by Gasteiger charge is 2.80. The van der Waals surface area contributed by atoms with Crippen molar-refractivity contribution in [1.82, 2.24) is 10.6 Å². The molecule has 2 bridgehead atoms. The lowest BCUT2D eigenvalue weighted by molar-refractivity contribution is -0.356. The van der Waals surface area contributed by atoms with Crippen LogP contribution < -0.4 is 10.6 Å². The summed E-state index contributed by atoms with van der Waals surface area (Å²) in [5.74, 6) is -7.36. The minimum Gasteiger partial charge on any atom is -0.453 e. The Kier molecular flexibility index (Phi) is 10.7. The summed E-state index contributed by atoms with van der Waals surface area (Å²) in [5, 5.41) is 41.7. The van der Waals surface area contributed by atoms with Gasteiger partial charge in [-0.15, -0.1) is 0 Å². The highest BCUT2D eigenvalue weighted by Crippen LogP contribution is 2.65. The number of hydrogen-bond donors (Lipinski definition) is 5. The molecule has 7 rings (SSSR count). The van der Waals surface area contributed by atoms with Gasteiger partial charge in [0.25, 0.3) is 11.8 Å². The first-order valence-electron chi connectivity index (χ1n) is 19.2. The molecule has 4 aliphatic rings. The molecule has 10 atom stereocenters. The fourth-order valence-electron chi connectivity index (χ4n) is 9.47. The lowest BCUT2D eigenvalue weighted by Gasteiger charge is -2.63. The Bertz CT molecular complexity index is 2130. The van der Waals surface area contributed by atoms with Crippen LogP contribution in [-0.2, 0) is 33.3 Å². The van der Waals surface area contributed by atoms with Crippen molar-refractivity contribution in [1.29, 1.82) is 0 Å². The van der Waals surface area contributed by atoms with Crippen molar-refractivity contribution in [3.63, 3.8) is 0 Å². The molecule has 0 spiro atoms. The number of ether oxygens (including phenoxy) is 4. The Hall–Kier alpha value is -5.25. The van der Waals surface area contributed by atoms with Gasteiger partial charge in [0.1, 0.15) is 12.2 Å². The second-order valence-electron chi connectivity index (χ2n) is 16.3. The predicted molar refractivity (Wildman–Crippen MR) is 206 cm³/mol. The number of ketones is 1. The van der Waals surface area contributed by atoms with Gasteiger partial charge in [0, 0.05) is 30.9 Å². The first kappa shape index (κ1) is 40.9. The third-order valence-electron chi connectivity index (χ3n) is 12.6. The molecule has 4 fully saturated rings. The van der Waals surface area contributed by atoms with Crippen molar-refractivity contribution < 1.29 is 58.2 Å². The molecule has 1 aliphatic carbocycles. The number of amides is 2. The van der Waals surface area contributed by atoms with Gasteiger partial charge in [0.15, 0.2) is 23.6 Å². The number of carbonyl (C=O) groups excluding carboxylic acids is 5. The molecular formula is C44H48N2O12. The van der Waals surface area contributed by atoms with Gasteiger partial charge in [-0.3, -0.25) is 19.2 Å². The van der Waals surface area contributed by atoms with Crippen molar-refractivity contribution in [2.75, 3.05) is 13.2 Å². The van der Waals surface area contributed by atoms with Crippen LogP contribution in [0.3, 0.4) is 0 Å². The number of esters is 2. The molecule has 3 aromatic carbocycles. The number of nitrogens with one attached hydrogen (secondary N) is 2. The number of hydrogen-bond acceptors (Lipinski definition) is 12. The van der Waals surface area contributed by atoms with Gasteiger partial charge in [-0.1, -0.05) is 86.2 Å². The number of fused-ring (bicyclic) bond motifs is 5. The van der Waals surface area contributed by atoms with Crippen LogP contribution in [0.4, 0.5) is 0 Å². The van der Waals surface area contributed by atoms with Crippen molar-refractivity contribution in [2.24, 2.45) is 16.7 Å². The SMILES string of the molecule is CC(=O)O[C@@]12CO[C@@H]1C[C@H](O)[C@@]1(C)C(=O)[C@@H]3O[C@](O)([C@@H](OC(=O)c4ccccc4)[C@H]21)C(C)(C)/C3=C(\C)CNC(=O)[C@H](O)[C@@H](NC(=O)c1ccccc1)c1ccccc1. The highest BCUT2D eigenvalue weighted by molar-refractivity contribution is 5.96. The fourth-order valence-corrected chi connectivity index (χ4v) is 9.47. The molecule has 306 valence electrons. The summed E-state index contributed by atoms with van der Waals surface area (Å²) in [6.07, 6.45) is -7.38. The van der Waals surface area contributed by atoms with E-state index in [0.29, 0.717) is 16.7 Å². The maximum atomic E-state index is 15.1. The minimum atomic E-state index is -2.47. The van der Waals surface area contributed by atoms with Crippen molar-refractivity contribution in [2.45, 2.75) is 89.0 Å². The fraction of sp³-hybridized carbons (Fsp3) is 0.432. The summed E-state index contributed by atoms with van der Waals surface area (Å²) in [4.78, 5) is 68.6. The molecule has 14 nitrogen and oxygen atoms in total. The van der Waals surface area contributed by atoms with Crippen LogP contribution in [0.15, 0.2) is 102 Å². The predicted octanol–water partition coefficient (Wildman–Crippen LogP) is 2.96. The number of benzene rings is 3. The number of carbonyl (C=O) groups is 5. The summed E-state index contributed by atoms with van der Waals surface area (Å²) in [7, 11) is 0. The van der Waals surface area contributed by atoms with E-state index in [0.717, 1.165) is 0 Å². The summed E-state index contributed by atoms with van der Waals surface area (Å²) < 4.78 is 24.4. The van der Waals surface area contributed by atoms with E-state index in [9.17, 15) is 34.5 Å². The Balaban J connectivity index is 1.24. The third kappa shape index (κ3) is 6.52. The second kappa shape index (κ2) is 15.2. The van der Waals surface area contributed by atoms with Gasteiger partial charge in [0.05, 0.1) is 35.6 Å². The van der Waals surface area contributed by atoms with Crippen LogP contribution in [0.2, 0.25) is 0 Å². The third-order valence-corrected chi connectivity index (χ3v) is 12.6. The lowest BCUT2D eigenvalue weighted by Crippen LogP contribution is -2.79. The van der Waals surface area contributed by atoms with E-state index in [1.165, 1.54) is 26.0 Å². The molecule has 14 heteroatoms. The number of aliphatic hydroxyl groups excluding tert-OH is 2. The molecule has 3 saturated heterocycles. The van der Waals surface area contributed by atoms with Crippen LogP contribution in [-0.4, -0.2) is 99.9 Å². The van der Waals surface area contributed by atoms with E-state index in [-0.39, 0.29) is 30.7 Å². The largest absolute Gasteiger partial charge is 0.453 e. The monoisotopic (exact) mass is 796 g/mol. The van der Waals surface area contributed by atoms with Crippen LogP contribution in [0.5, 0.6) is 0 Å². The average molecular weight is 797 g/mol. The Morgan fingerprint density at radius 2 is 1.48 bits per heavy atom. The van der Waals surface area contributed by atoms with Crippen LogP contribution in [0, 0.1) is 16.7 Å². The van der Waals surface area contributed by atoms with E-state index in [4.69, 9.17) is 18.9 Å². The molecule has 5 N–H and O–H groups in total. The minimum absolute atomic E-state index is 0.102. The second-order valence-corrected chi connectivity index (χ2v) is 16.3. The molecule has 3 heterocycles. The van der Waals surface area contributed by atoms with Crippen LogP contribution in [0.25, 0.3) is 0 Å². The van der Waals surface area contributed by atoms with Gasteiger partial charge in [-0.25, -0.2) is 4.79 Å². The smallest absolute Gasteiger partial charge is 0.338 e. The average Bonchev–Trinajstić information content (AvgIpc) is 3.39. The molecular weight excluding hydrogens is 748 g/mol. The van der Waals surface area contributed by atoms with Crippen LogP contribution in [0.1, 0.15) is 73.4 Å². The standard InChI is InChI=1S/C44H48N2O12/c1-24(22-45-39(52)33(49)32(26-15-9-6-10-16-26)46-38(51)27-17-11-7-12-18-27)31-34-36(50)42(5)29(48)21-30-43(23-55-30,57-25(2)47)35(42)37(44(54,58-34)41(31,3)4)56-40(53)28-19-13-8-14-20-28/h6-20,29-30,32-35,37,48-49,54H,21-23H2,1-5H3,(H,45,52)(H,46,51)/b31-24+/t29-,30+,32-,33+,34+,35-,37-,42+,43-,44+/m0/s1. The van der Waals surface area contributed by atoms with E-state index in [1.807, 2.05) is 0 Å². The van der Waals surface area contributed by atoms with E-state index < -0.39 is 94.2 Å². The van der Waals surface area contributed by atoms with Crippen molar-refractivity contribution >= 4 is 29.5 Å².